The summed E-state index contributed by atoms with van der Waals surface area (Å²) in [6, 6.07) is 4.55. The molecule has 0 radical (unpaired) electrons. The third kappa shape index (κ3) is 4.48. The molecule has 0 saturated carbocycles. The van der Waals surface area contributed by atoms with Crippen molar-refractivity contribution in [3.05, 3.63) is 29.3 Å². The van der Waals surface area contributed by atoms with Crippen LogP contribution in [0.15, 0.2) is 18.2 Å². The van der Waals surface area contributed by atoms with Crippen LogP contribution in [0.4, 0.5) is 5.69 Å². The maximum Gasteiger partial charge on any atom is 0.243 e. The lowest BCUT2D eigenvalue weighted by Crippen LogP contribution is -2.49. The highest BCUT2D eigenvalue weighted by Gasteiger charge is 2.29. The van der Waals surface area contributed by atoms with Crippen molar-refractivity contribution in [1.82, 2.24) is 5.32 Å². The Hall–Kier alpha value is -1.60. The Bertz CT molecular complexity index is 697. The number of carbonyl (C=O) groups is 1. The van der Waals surface area contributed by atoms with Crippen LogP contribution in [0.5, 0.6) is 0 Å². The number of ether oxygens (including phenoxy) is 1. The van der Waals surface area contributed by atoms with Gasteiger partial charge in [0.2, 0.25) is 15.9 Å². The van der Waals surface area contributed by atoms with Gasteiger partial charge in [0.15, 0.2) is 0 Å². The number of carbonyl (C=O) groups excluding carboxylic acids is 1. The van der Waals surface area contributed by atoms with E-state index in [1.807, 2.05) is 19.9 Å². The molecule has 2 atom stereocenters. The van der Waals surface area contributed by atoms with Crippen LogP contribution in [0.1, 0.15) is 30.9 Å². The minimum Gasteiger partial charge on any atom is -0.376 e. The second-order valence-electron chi connectivity index (χ2n) is 6.38. The predicted molar refractivity (Wildman–Crippen MR) is 94.7 cm³/mol. The van der Waals surface area contributed by atoms with E-state index in [1.165, 1.54) is 4.31 Å². The van der Waals surface area contributed by atoms with Gasteiger partial charge in [0.05, 0.1) is 18.0 Å². The van der Waals surface area contributed by atoms with Crippen LogP contribution >= 0.6 is 0 Å². The van der Waals surface area contributed by atoms with Crippen molar-refractivity contribution in [1.29, 1.82) is 0 Å². The molecule has 1 aromatic carbocycles. The van der Waals surface area contributed by atoms with Crippen LogP contribution in [-0.4, -0.2) is 45.9 Å². The first-order chi connectivity index (χ1) is 11.2. The van der Waals surface area contributed by atoms with E-state index in [9.17, 15) is 13.2 Å². The molecular weight excluding hydrogens is 328 g/mol. The first-order valence-corrected chi connectivity index (χ1v) is 10.0. The molecule has 1 aliphatic rings. The SMILES string of the molecule is Cc1ccc(N([C@H](C)C(=O)NC[C@H]2CCCO2)S(C)(=O)=O)cc1C. The Balaban J connectivity index is 2.17. The van der Waals surface area contributed by atoms with E-state index < -0.39 is 16.1 Å². The highest BCUT2D eigenvalue weighted by Crippen LogP contribution is 2.23. The molecule has 1 fully saturated rings. The molecule has 0 aliphatic carbocycles. The van der Waals surface area contributed by atoms with Crippen molar-refractivity contribution in [3.63, 3.8) is 0 Å². The molecule has 1 saturated heterocycles. The Morgan fingerprint density at radius 1 is 1.38 bits per heavy atom. The Morgan fingerprint density at radius 2 is 2.08 bits per heavy atom. The third-order valence-corrected chi connectivity index (χ3v) is 5.60. The number of aryl methyl sites for hydroxylation is 2. The molecule has 1 N–H and O–H groups in total. The average molecular weight is 354 g/mol. The number of benzene rings is 1. The van der Waals surface area contributed by atoms with Gasteiger partial charge in [-0.1, -0.05) is 6.07 Å². The van der Waals surface area contributed by atoms with Crippen molar-refractivity contribution in [2.45, 2.75) is 45.8 Å². The minimum atomic E-state index is -3.59. The fraction of sp³-hybridized carbons (Fsp3) is 0.588. The van der Waals surface area contributed by atoms with Gasteiger partial charge >= 0.3 is 0 Å². The topological polar surface area (TPSA) is 75.7 Å². The zero-order valence-corrected chi connectivity index (χ0v) is 15.5. The Kier molecular flexibility index (Phi) is 5.87. The number of hydrogen-bond donors (Lipinski definition) is 1. The van der Waals surface area contributed by atoms with Gasteiger partial charge in [0.25, 0.3) is 0 Å². The Labute approximate surface area is 144 Å². The van der Waals surface area contributed by atoms with Gasteiger partial charge in [-0.3, -0.25) is 9.10 Å². The average Bonchev–Trinajstić information content (AvgIpc) is 3.00. The van der Waals surface area contributed by atoms with Gasteiger partial charge in [0, 0.05) is 13.2 Å². The van der Waals surface area contributed by atoms with Crippen molar-refractivity contribution in [2.24, 2.45) is 0 Å². The molecule has 1 aromatic rings. The summed E-state index contributed by atoms with van der Waals surface area (Å²) in [7, 11) is -3.59. The zero-order chi connectivity index (χ0) is 17.9. The van der Waals surface area contributed by atoms with Crippen molar-refractivity contribution in [3.8, 4) is 0 Å². The van der Waals surface area contributed by atoms with Gasteiger partial charge in [0.1, 0.15) is 6.04 Å². The van der Waals surface area contributed by atoms with Crippen LogP contribution in [0.3, 0.4) is 0 Å². The van der Waals surface area contributed by atoms with Crippen LogP contribution in [0, 0.1) is 13.8 Å². The first-order valence-electron chi connectivity index (χ1n) is 8.16. The summed E-state index contributed by atoms with van der Waals surface area (Å²) in [5, 5.41) is 2.80. The summed E-state index contributed by atoms with van der Waals surface area (Å²) in [6.45, 7) is 6.60. The van der Waals surface area contributed by atoms with Gasteiger partial charge in [-0.15, -0.1) is 0 Å². The van der Waals surface area contributed by atoms with E-state index in [-0.39, 0.29) is 12.0 Å². The maximum atomic E-state index is 12.4. The molecular formula is C17H26N2O4S. The van der Waals surface area contributed by atoms with Crippen LogP contribution in [0.25, 0.3) is 0 Å². The molecule has 24 heavy (non-hydrogen) atoms. The zero-order valence-electron chi connectivity index (χ0n) is 14.7. The van der Waals surface area contributed by atoms with E-state index in [0.717, 1.165) is 30.2 Å². The van der Waals surface area contributed by atoms with Crippen LogP contribution in [-0.2, 0) is 19.6 Å². The molecule has 1 amide bonds. The maximum absolute atomic E-state index is 12.4. The summed E-state index contributed by atoms with van der Waals surface area (Å²) in [5.74, 6) is -0.325. The molecule has 0 unspecified atom stereocenters. The van der Waals surface area contributed by atoms with Crippen molar-refractivity contribution in [2.75, 3.05) is 23.7 Å². The Morgan fingerprint density at radius 3 is 2.62 bits per heavy atom. The van der Waals surface area contributed by atoms with E-state index in [4.69, 9.17) is 4.74 Å². The molecule has 0 spiro atoms. The smallest absolute Gasteiger partial charge is 0.243 e. The van der Waals surface area contributed by atoms with Crippen molar-refractivity contribution < 1.29 is 17.9 Å². The highest BCUT2D eigenvalue weighted by atomic mass is 32.2. The fourth-order valence-electron chi connectivity index (χ4n) is 2.84. The van der Waals surface area contributed by atoms with E-state index in [0.29, 0.717) is 18.8 Å². The molecule has 134 valence electrons. The summed E-state index contributed by atoms with van der Waals surface area (Å²) in [4.78, 5) is 12.4. The van der Waals surface area contributed by atoms with E-state index in [1.54, 1.807) is 19.1 Å². The lowest BCUT2D eigenvalue weighted by atomic mass is 10.1. The quantitative estimate of drug-likeness (QED) is 0.844. The normalized spacial score (nSPS) is 19.1. The van der Waals surface area contributed by atoms with Gasteiger partial charge in [-0.2, -0.15) is 0 Å². The molecule has 6 nitrogen and oxygen atoms in total. The monoisotopic (exact) mass is 354 g/mol. The molecule has 7 heteroatoms. The summed E-state index contributed by atoms with van der Waals surface area (Å²) in [6.07, 6.45) is 3.05. The number of sulfonamides is 1. The summed E-state index contributed by atoms with van der Waals surface area (Å²) < 4.78 is 31.2. The van der Waals surface area contributed by atoms with Crippen molar-refractivity contribution >= 4 is 21.6 Å². The number of hydrogen-bond acceptors (Lipinski definition) is 4. The van der Waals surface area contributed by atoms with Crippen LogP contribution < -0.4 is 9.62 Å². The predicted octanol–water partition coefficient (Wildman–Crippen LogP) is 1.75. The largest absolute Gasteiger partial charge is 0.376 e. The third-order valence-electron chi connectivity index (χ3n) is 4.36. The lowest BCUT2D eigenvalue weighted by Gasteiger charge is -2.29. The molecule has 1 aliphatic heterocycles. The van der Waals surface area contributed by atoms with Gasteiger partial charge in [-0.05, 0) is 56.9 Å². The standard InChI is InChI=1S/C17H26N2O4S/c1-12-7-8-15(10-13(12)2)19(24(4,21)22)14(3)17(20)18-11-16-6-5-9-23-16/h7-8,10,14,16H,5-6,9,11H2,1-4H3,(H,18,20)/t14-,16-/m1/s1. The van der Waals surface area contributed by atoms with E-state index >= 15 is 0 Å². The number of nitrogens with one attached hydrogen (secondary N) is 1. The fourth-order valence-corrected chi connectivity index (χ4v) is 4.01. The first kappa shape index (κ1) is 18.7. The van der Waals surface area contributed by atoms with Gasteiger partial charge < -0.3 is 10.1 Å². The highest BCUT2D eigenvalue weighted by molar-refractivity contribution is 7.92. The number of nitrogens with zero attached hydrogens (tertiary/aromatic N) is 1. The van der Waals surface area contributed by atoms with Crippen LogP contribution in [0.2, 0.25) is 0 Å². The molecule has 2 rings (SSSR count). The lowest BCUT2D eigenvalue weighted by molar-refractivity contribution is -0.122. The summed E-state index contributed by atoms with van der Waals surface area (Å²) in [5.41, 5.74) is 2.55. The number of rotatable bonds is 6. The van der Waals surface area contributed by atoms with Gasteiger partial charge in [-0.25, -0.2) is 8.42 Å². The molecule has 0 aromatic heterocycles. The number of anilines is 1. The molecule has 0 bridgehead atoms. The molecule has 1 heterocycles. The minimum absolute atomic E-state index is 0.0226. The second-order valence-corrected chi connectivity index (χ2v) is 8.24. The number of amides is 1. The van der Waals surface area contributed by atoms with E-state index in [2.05, 4.69) is 5.32 Å². The summed E-state index contributed by atoms with van der Waals surface area (Å²) >= 11 is 0. The second kappa shape index (κ2) is 7.53.